The summed E-state index contributed by atoms with van der Waals surface area (Å²) in [5.74, 6) is 0.699. The minimum Gasteiger partial charge on any atom is -0.492 e. The van der Waals surface area contributed by atoms with Gasteiger partial charge in [0.2, 0.25) is 10.0 Å². The summed E-state index contributed by atoms with van der Waals surface area (Å²) >= 11 is 7.03. The number of hydrogen-bond donors (Lipinski definition) is 1. The van der Waals surface area contributed by atoms with Crippen LogP contribution in [0.2, 0.25) is 5.02 Å². The fourth-order valence-corrected chi connectivity index (χ4v) is 3.88. The summed E-state index contributed by atoms with van der Waals surface area (Å²) in [6.45, 7) is 2.35. The van der Waals surface area contributed by atoms with Crippen LogP contribution >= 0.6 is 22.9 Å². The predicted octanol–water partition coefficient (Wildman–Crippen LogP) is 3.07. The summed E-state index contributed by atoms with van der Waals surface area (Å²) in [6, 6.07) is 8.57. The molecule has 0 fully saturated rings. The van der Waals surface area contributed by atoms with Crippen molar-refractivity contribution in [2.75, 3.05) is 13.2 Å². The first-order valence-corrected chi connectivity index (χ1v) is 8.65. The zero-order valence-electron chi connectivity index (χ0n) is 10.8. The number of rotatable bonds is 6. The van der Waals surface area contributed by atoms with Gasteiger partial charge >= 0.3 is 0 Å². The number of ether oxygens (including phenoxy) is 1. The number of nitrogens with one attached hydrogen (secondary N) is 1. The Bertz CT molecular complexity index is 669. The number of hydrogen-bond acceptors (Lipinski definition) is 4. The Kier molecular flexibility index (Phi) is 5.04. The van der Waals surface area contributed by atoms with Gasteiger partial charge in [0.25, 0.3) is 0 Å². The van der Waals surface area contributed by atoms with E-state index in [-0.39, 0.29) is 13.2 Å². The molecule has 0 saturated heterocycles. The molecule has 1 heterocycles. The largest absolute Gasteiger partial charge is 0.492 e. The summed E-state index contributed by atoms with van der Waals surface area (Å²) in [5.41, 5.74) is 0.915. The molecular formula is C13H14ClNO3S2. The van der Waals surface area contributed by atoms with E-state index in [0.717, 1.165) is 5.56 Å². The second-order valence-corrected chi connectivity index (χ2v) is 7.47. The fourth-order valence-electron chi connectivity index (χ4n) is 1.60. The molecule has 1 aromatic carbocycles. The van der Waals surface area contributed by atoms with Crippen molar-refractivity contribution in [3.05, 3.63) is 46.3 Å². The normalized spacial score (nSPS) is 11.5. The van der Waals surface area contributed by atoms with Crippen LogP contribution in [0.25, 0.3) is 0 Å². The minimum atomic E-state index is -3.42. The van der Waals surface area contributed by atoms with E-state index in [1.807, 2.05) is 6.92 Å². The van der Waals surface area contributed by atoms with E-state index < -0.39 is 10.0 Å². The maximum atomic E-state index is 11.8. The molecule has 0 bridgehead atoms. The monoisotopic (exact) mass is 331 g/mol. The molecule has 0 atom stereocenters. The van der Waals surface area contributed by atoms with Gasteiger partial charge in [-0.2, -0.15) is 0 Å². The number of sulfonamides is 1. The van der Waals surface area contributed by atoms with Crippen molar-refractivity contribution < 1.29 is 13.2 Å². The van der Waals surface area contributed by atoms with Crippen LogP contribution in [0.15, 0.2) is 39.9 Å². The van der Waals surface area contributed by atoms with Crippen molar-refractivity contribution in [1.82, 2.24) is 4.72 Å². The van der Waals surface area contributed by atoms with E-state index in [0.29, 0.717) is 15.0 Å². The summed E-state index contributed by atoms with van der Waals surface area (Å²) in [5, 5.41) is 2.37. The molecule has 0 amide bonds. The highest BCUT2D eigenvalue weighted by molar-refractivity contribution is 7.91. The quantitative estimate of drug-likeness (QED) is 0.828. The van der Waals surface area contributed by atoms with Crippen molar-refractivity contribution in [1.29, 1.82) is 0 Å². The lowest BCUT2D eigenvalue weighted by atomic mass is 10.2. The molecule has 108 valence electrons. The van der Waals surface area contributed by atoms with E-state index >= 15 is 0 Å². The van der Waals surface area contributed by atoms with E-state index in [1.54, 1.807) is 35.7 Å². The lowest BCUT2D eigenvalue weighted by molar-refractivity contribution is 0.321. The van der Waals surface area contributed by atoms with Crippen molar-refractivity contribution in [3.63, 3.8) is 0 Å². The van der Waals surface area contributed by atoms with Crippen LogP contribution in [0.4, 0.5) is 0 Å². The molecular weight excluding hydrogens is 318 g/mol. The summed E-state index contributed by atoms with van der Waals surface area (Å²) < 4.78 is 32.0. The van der Waals surface area contributed by atoms with Gasteiger partial charge in [-0.3, -0.25) is 0 Å². The molecule has 0 unspecified atom stereocenters. The highest BCUT2D eigenvalue weighted by Gasteiger charge is 2.13. The second kappa shape index (κ2) is 6.58. The zero-order valence-corrected chi connectivity index (χ0v) is 13.2. The van der Waals surface area contributed by atoms with E-state index in [4.69, 9.17) is 16.3 Å². The van der Waals surface area contributed by atoms with E-state index in [1.165, 1.54) is 11.3 Å². The molecule has 20 heavy (non-hydrogen) atoms. The van der Waals surface area contributed by atoms with Gasteiger partial charge in [-0.05, 0) is 42.1 Å². The van der Waals surface area contributed by atoms with Gasteiger partial charge in [0.15, 0.2) is 0 Å². The second-order valence-electron chi connectivity index (χ2n) is 4.09. The molecule has 1 aromatic heterocycles. The Morgan fingerprint density at radius 1 is 1.35 bits per heavy atom. The van der Waals surface area contributed by atoms with Gasteiger partial charge in [-0.25, -0.2) is 13.1 Å². The van der Waals surface area contributed by atoms with Gasteiger partial charge in [-0.15, -0.1) is 11.3 Å². The number of thiophene rings is 1. The topological polar surface area (TPSA) is 55.4 Å². The number of benzene rings is 1. The zero-order chi connectivity index (χ0) is 14.6. The third-order valence-corrected chi connectivity index (χ3v) is 5.64. The minimum absolute atomic E-state index is 0.211. The molecule has 0 aliphatic carbocycles. The molecule has 0 radical (unpaired) electrons. The van der Waals surface area contributed by atoms with Crippen LogP contribution in [0.5, 0.6) is 5.75 Å². The van der Waals surface area contributed by atoms with Crippen molar-refractivity contribution in [2.45, 2.75) is 11.1 Å². The number of halogens is 1. The van der Waals surface area contributed by atoms with Crippen LogP contribution < -0.4 is 9.46 Å². The average molecular weight is 332 g/mol. The maximum Gasteiger partial charge on any atom is 0.250 e. The molecule has 1 N–H and O–H groups in total. The average Bonchev–Trinajstić information content (AvgIpc) is 2.91. The Labute approximate surface area is 127 Å². The first kappa shape index (κ1) is 15.3. The standard InChI is InChI=1S/C13H14ClNO3S2/c1-10-9-11(14)4-5-12(10)18-7-6-15-20(16,17)13-3-2-8-19-13/h2-5,8-9,15H,6-7H2,1H3. The molecule has 4 nitrogen and oxygen atoms in total. The van der Waals surface area contributed by atoms with Crippen molar-refractivity contribution >= 4 is 33.0 Å². The molecule has 7 heteroatoms. The molecule has 0 spiro atoms. The SMILES string of the molecule is Cc1cc(Cl)ccc1OCCNS(=O)(=O)c1cccs1. The molecule has 2 rings (SSSR count). The Balaban J connectivity index is 1.85. The van der Waals surface area contributed by atoms with Crippen molar-refractivity contribution in [3.8, 4) is 5.75 Å². The van der Waals surface area contributed by atoms with Crippen LogP contribution in [0, 0.1) is 6.92 Å². The van der Waals surface area contributed by atoms with Gasteiger partial charge in [0, 0.05) is 11.6 Å². The number of aryl methyl sites for hydroxylation is 1. The molecule has 0 aliphatic heterocycles. The Morgan fingerprint density at radius 2 is 2.15 bits per heavy atom. The predicted molar refractivity (Wildman–Crippen MR) is 81.2 cm³/mol. The van der Waals surface area contributed by atoms with Crippen LogP contribution in [0.1, 0.15) is 5.56 Å². The van der Waals surface area contributed by atoms with Crippen molar-refractivity contribution in [2.24, 2.45) is 0 Å². The Morgan fingerprint density at radius 3 is 2.80 bits per heavy atom. The third kappa shape index (κ3) is 3.96. The lowest BCUT2D eigenvalue weighted by Gasteiger charge is -2.10. The Hall–Kier alpha value is -1.08. The van der Waals surface area contributed by atoms with Crippen LogP contribution in [0.3, 0.4) is 0 Å². The van der Waals surface area contributed by atoms with Crippen LogP contribution in [-0.2, 0) is 10.0 Å². The first-order chi connectivity index (χ1) is 9.49. The smallest absolute Gasteiger partial charge is 0.250 e. The fraction of sp³-hybridized carbons (Fsp3) is 0.231. The third-order valence-electron chi connectivity index (χ3n) is 2.55. The highest BCUT2D eigenvalue weighted by Crippen LogP contribution is 2.21. The highest BCUT2D eigenvalue weighted by atomic mass is 35.5. The van der Waals surface area contributed by atoms with Gasteiger partial charge < -0.3 is 4.74 Å². The van der Waals surface area contributed by atoms with Crippen LogP contribution in [-0.4, -0.2) is 21.6 Å². The van der Waals surface area contributed by atoms with E-state index in [2.05, 4.69) is 4.72 Å². The molecule has 0 aliphatic rings. The van der Waals surface area contributed by atoms with Gasteiger partial charge in [-0.1, -0.05) is 17.7 Å². The van der Waals surface area contributed by atoms with E-state index in [9.17, 15) is 8.42 Å². The lowest BCUT2D eigenvalue weighted by Crippen LogP contribution is -2.27. The van der Waals surface area contributed by atoms with Gasteiger partial charge in [0.05, 0.1) is 0 Å². The van der Waals surface area contributed by atoms with Gasteiger partial charge in [0.1, 0.15) is 16.6 Å². The first-order valence-electron chi connectivity index (χ1n) is 5.91. The summed E-state index contributed by atoms with van der Waals surface area (Å²) in [6.07, 6.45) is 0. The summed E-state index contributed by atoms with van der Waals surface area (Å²) in [4.78, 5) is 0. The molecule has 2 aromatic rings. The summed E-state index contributed by atoms with van der Waals surface area (Å²) in [7, 11) is -3.42. The molecule has 0 saturated carbocycles. The maximum absolute atomic E-state index is 11.8.